The first kappa shape index (κ1) is 21.0. The number of hydrogen-bond donors (Lipinski definition) is 2. The van der Waals surface area contributed by atoms with Gasteiger partial charge in [0.1, 0.15) is 0 Å². The molecule has 0 aromatic heterocycles. The quantitative estimate of drug-likeness (QED) is 0.508. The molecule has 0 heterocycles. The summed E-state index contributed by atoms with van der Waals surface area (Å²) in [5.74, 6) is -0.497. The van der Waals surface area contributed by atoms with Gasteiger partial charge in [0, 0.05) is 20.4 Å². The SMILES string of the molecule is Cc1ccc(Sc2ccc(NC(=O)c3ccccc3SCC(N)=O)cc2)cc1C. The Labute approximate surface area is 179 Å². The summed E-state index contributed by atoms with van der Waals surface area (Å²) >= 11 is 2.95. The molecule has 0 fully saturated rings. The lowest BCUT2D eigenvalue weighted by Crippen LogP contribution is -2.15. The smallest absolute Gasteiger partial charge is 0.256 e. The fraction of sp³-hybridized carbons (Fsp3) is 0.130. The highest BCUT2D eigenvalue weighted by Crippen LogP contribution is 2.30. The molecule has 0 radical (unpaired) electrons. The second-order valence-corrected chi connectivity index (χ2v) is 8.74. The van der Waals surface area contributed by atoms with Crippen LogP contribution in [-0.2, 0) is 4.79 Å². The summed E-state index contributed by atoms with van der Waals surface area (Å²) in [5, 5.41) is 2.92. The van der Waals surface area contributed by atoms with Crippen LogP contribution in [0.15, 0.2) is 81.4 Å². The van der Waals surface area contributed by atoms with E-state index in [1.54, 1.807) is 23.9 Å². The summed E-state index contributed by atoms with van der Waals surface area (Å²) in [6, 6.07) is 21.4. The van der Waals surface area contributed by atoms with E-state index in [9.17, 15) is 9.59 Å². The standard InChI is InChI=1S/C23H22N2O2S2/c1-15-7-10-19(13-16(15)2)29-18-11-8-17(9-12-18)25-23(27)20-5-3-4-6-21(20)28-14-22(24)26/h3-13H,14H2,1-2H3,(H2,24,26)(H,25,27). The molecule has 6 heteroatoms. The van der Waals surface area contributed by atoms with Gasteiger partial charge in [0.05, 0.1) is 11.3 Å². The zero-order chi connectivity index (χ0) is 20.8. The van der Waals surface area contributed by atoms with Gasteiger partial charge in [-0.2, -0.15) is 0 Å². The molecule has 0 atom stereocenters. The van der Waals surface area contributed by atoms with E-state index in [1.807, 2.05) is 36.4 Å². The van der Waals surface area contributed by atoms with Crippen LogP contribution in [0.4, 0.5) is 5.69 Å². The molecule has 0 saturated heterocycles. The molecule has 0 bridgehead atoms. The minimum atomic E-state index is -0.415. The number of amides is 2. The fourth-order valence-electron chi connectivity index (χ4n) is 2.65. The first-order valence-electron chi connectivity index (χ1n) is 9.09. The largest absolute Gasteiger partial charge is 0.369 e. The minimum absolute atomic E-state index is 0.134. The third-order valence-corrected chi connectivity index (χ3v) is 6.42. The molecule has 3 aromatic carbocycles. The van der Waals surface area contributed by atoms with Crippen LogP contribution >= 0.6 is 23.5 Å². The molecule has 0 aliphatic heterocycles. The number of nitrogens with two attached hydrogens (primary N) is 1. The molecule has 0 aliphatic rings. The summed E-state index contributed by atoms with van der Waals surface area (Å²) in [6.07, 6.45) is 0. The number of carbonyl (C=O) groups excluding carboxylic acids is 2. The van der Waals surface area contributed by atoms with Crippen LogP contribution in [0.2, 0.25) is 0 Å². The van der Waals surface area contributed by atoms with Gasteiger partial charge >= 0.3 is 0 Å². The maximum absolute atomic E-state index is 12.7. The lowest BCUT2D eigenvalue weighted by molar-refractivity contribution is -0.115. The Morgan fingerprint density at radius 3 is 2.28 bits per heavy atom. The molecule has 2 amide bonds. The Hall–Kier alpha value is -2.70. The highest BCUT2D eigenvalue weighted by Gasteiger charge is 2.12. The maximum atomic E-state index is 12.7. The van der Waals surface area contributed by atoms with E-state index in [4.69, 9.17) is 5.73 Å². The van der Waals surface area contributed by atoms with Gasteiger partial charge in [0.25, 0.3) is 5.91 Å². The van der Waals surface area contributed by atoms with Gasteiger partial charge in [-0.15, -0.1) is 11.8 Å². The molecule has 29 heavy (non-hydrogen) atoms. The number of primary amides is 1. The third-order valence-electron chi connectivity index (χ3n) is 4.33. The van der Waals surface area contributed by atoms with Crippen molar-refractivity contribution < 1.29 is 9.59 Å². The number of thioether (sulfide) groups is 1. The zero-order valence-electron chi connectivity index (χ0n) is 16.3. The number of aryl methyl sites for hydroxylation is 2. The molecule has 148 valence electrons. The Kier molecular flexibility index (Phi) is 7.01. The van der Waals surface area contributed by atoms with Crippen LogP contribution in [0.5, 0.6) is 0 Å². The van der Waals surface area contributed by atoms with Crippen molar-refractivity contribution in [1.29, 1.82) is 0 Å². The summed E-state index contributed by atoms with van der Waals surface area (Å²) in [5.41, 5.74) is 9.00. The minimum Gasteiger partial charge on any atom is -0.369 e. The molecule has 0 aliphatic carbocycles. The summed E-state index contributed by atoms with van der Waals surface area (Å²) in [4.78, 5) is 26.7. The average Bonchev–Trinajstić information content (AvgIpc) is 2.71. The molecule has 0 spiro atoms. The number of hydrogen-bond acceptors (Lipinski definition) is 4. The maximum Gasteiger partial charge on any atom is 0.256 e. The molecule has 0 unspecified atom stereocenters. The molecule has 3 rings (SSSR count). The van der Waals surface area contributed by atoms with Crippen molar-refractivity contribution in [3.63, 3.8) is 0 Å². The van der Waals surface area contributed by atoms with Gasteiger partial charge in [0.15, 0.2) is 0 Å². The monoisotopic (exact) mass is 422 g/mol. The van der Waals surface area contributed by atoms with Crippen molar-refractivity contribution in [2.45, 2.75) is 28.5 Å². The predicted molar refractivity (Wildman–Crippen MR) is 121 cm³/mol. The van der Waals surface area contributed by atoms with Crippen LogP contribution in [-0.4, -0.2) is 17.6 Å². The molecule has 0 saturated carbocycles. The van der Waals surface area contributed by atoms with Crippen LogP contribution in [0.3, 0.4) is 0 Å². The third kappa shape index (κ3) is 5.89. The van der Waals surface area contributed by atoms with E-state index in [2.05, 4.69) is 37.4 Å². The number of nitrogens with one attached hydrogen (secondary N) is 1. The van der Waals surface area contributed by atoms with Crippen LogP contribution in [0, 0.1) is 13.8 Å². The Bertz CT molecular complexity index is 1030. The fourth-order valence-corrected chi connectivity index (χ4v) is 4.35. The summed E-state index contributed by atoms with van der Waals surface area (Å²) in [6.45, 7) is 4.21. The lowest BCUT2D eigenvalue weighted by Gasteiger charge is -2.10. The van der Waals surface area contributed by atoms with Crippen LogP contribution in [0.1, 0.15) is 21.5 Å². The van der Waals surface area contributed by atoms with E-state index < -0.39 is 5.91 Å². The van der Waals surface area contributed by atoms with Crippen molar-refractivity contribution in [3.05, 3.63) is 83.4 Å². The van der Waals surface area contributed by atoms with Gasteiger partial charge in [-0.05, 0) is 73.5 Å². The highest BCUT2D eigenvalue weighted by atomic mass is 32.2. The molecular formula is C23H22N2O2S2. The lowest BCUT2D eigenvalue weighted by atomic mass is 10.1. The van der Waals surface area contributed by atoms with Gasteiger partial charge < -0.3 is 11.1 Å². The van der Waals surface area contributed by atoms with E-state index in [-0.39, 0.29) is 11.7 Å². The van der Waals surface area contributed by atoms with Gasteiger partial charge in [-0.1, -0.05) is 30.0 Å². The molecular weight excluding hydrogens is 400 g/mol. The Balaban J connectivity index is 1.67. The molecule has 3 N–H and O–H groups in total. The average molecular weight is 423 g/mol. The van der Waals surface area contributed by atoms with Crippen molar-refractivity contribution in [1.82, 2.24) is 0 Å². The van der Waals surface area contributed by atoms with E-state index in [0.29, 0.717) is 11.3 Å². The summed E-state index contributed by atoms with van der Waals surface area (Å²) < 4.78 is 0. The van der Waals surface area contributed by atoms with Gasteiger partial charge in [-0.3, -0.25) is 9.59 Å². The van der Waals surface area contributed by atoms with Crippen molar-refractivity contribution in [2.24, 2.45) is 5.73 Å². The first-order valence-corrected chi connectivity index (χ1v) is 10.9. The van der Waals surface area contributed by atoms with Gasteiger partial charge in [0.2, 0.25) is 5.91 Å². The topological polar surface area (TPSA) is 72.2 Å². The molecule has 3 aromatic rings. The summed E-state index contributed by atoms with van der Waals surface area (Å²) in [7, 11) is 0. The predicted octanol–water partition coefficient (Wildman–Crippen LogP) is 5.28. The Morgan fingerprint density at radius 1 is 0.897 bits per heavy atom. The van der Waals surface area contributed by atoms with E-state index in [0.717, 1.165) is 9.79 Å². The van der Waals surface area contributed by atoms with Crippen LogP contribution < -0.4 is 11.1 Å². The number of benzene rings is 3. The van der Waals surface area contributed by atoms with Crippen LogP contribution in [0.25, 0.3) is 0 Å². The van der Waals surface area contributed by atoms with Crippen molar-refractivity contribution in [2.75, 3.05) is 11.1 Å². The first-order chi connectivity index (χ1) is 13.9. The number of rotatable bonds is 7. The second kappa shape index (κ2) is 9.67. The van der Waals surface area contributed by atoms with Crippen molar-refractivity contribution in [3.8, 4) is 0 Å². The number of carbonyl (C=O) groups is 2. The van der Waals surface area contributed by atoms with E-state index in [1.165, 1.54) is 27.8 Å². The highest BCUT2D eigenvalue weighted by molar-refractivity contribution is 8.00. The second-order valence-electron chi connectivity index (χ2n) is 6.58. The van der Waals surface area contributed by atoms with Crippen molar-refractivity contribution >= 4 is 41.0 Å². The molecule has 4 nitrogen and oxygen atoms in total. The Morgan fingerprint density at radius 2 is 1.59 bits per heavy atom. The van der Waals surface area contributed by atoms with Gasteiger partial charge in [-0.25, -0.2) is 0 Å². The van der Waals surface area contributed by atoms with E-state index >= 15 is 0 Å². The number of anilines is 1. The normalized spacial score (nSPS) is 10.6. The zero-order valence-corrected chi connectivity index (χ0v) is 17.9.